The van der Waals surface area contributed by atoms with Gasteiger partial charge in [-0.25, -0.2) is 0 Å². The third-order valence-corrected chi connectivity index (χ3v) is 3.33. The van der Waals surface area contributed by atoms with Crippen LogP contribution in [-0.4, -0.2) is 35.5 Å². The Morgan fingerprint density at radius 3 is 2.47 bits per heavy atom. The zero-order valence-corrected chi connectivity index (χ0v) is 11.0. The SMILES string of the molecule is COc1ccc(C(O)CN2C(=O)CC(C)C2=O)cc1. The standard InChI is InChI=1S/C14H17NO4/c1-9-7-13(17)15(14(9)18)8-12(16)10-3-5-11(19-2)6-4-10/h3-6,9,12,16H,7-8H2,1-2H3. The van der Waals surface area contributed by atoms with Gasteiger partial charge < -0.3 is 9.84 Å². The molecule has 1 aromatic carbocycles. The second kappa shape index (κ2) is 5.40. The highest BCUT2D eigenvalue weighted by Gasteiger charge is 2.36. The molecule has 0 radical (unpaired) electrons. The van der Waals surface area contributed by atoms with Crippen LogP contribution in [0.4, 0.5) is 0 Å². The number of rotatable bonds is 4. The Bertz CT molecular complexity index is 483. The van der Waals surface area contributed by atoms with Crippen molar-refractivity contribution < 1.29 is 19.4 Å². The number of nitrogens with zero attached hydrogens (tertiary/aromatic N) is 1. The van der Waals surface area contributed by atoms with Crippen molar-refractivity contribution in [1.82, 2.24) is 4.90 Å². The Hall–Kier alpha value is -1.88. The predicted molar refractivity (Wildman–Crippen MR) is 68.5 cm³/mol. The van der Waals surface area contributed by atoms with Crippen LogP contribution >= 0.6 is 0 Å². The highest BCUT2D eigenvalue weighted by molar-refractivity contribution is 6.03. The molecule has 5 heteroatoms. The zero-order chi connectivity index (χ0) is 14.0. The van der Waals surface area contributed by atoms with E-state index in [4.69, 9.17) is 4.74 Å². The van der Waals surface area contributed by atoms with Crippen molar-refractivity contribution in [3.63, 3.8) is 0 Å². The minimum Gasteiger partial charge on any atom is -0.497 e. The van der Waals surface area contributed by atoms with Crippen molar-refractivity contribution in [1.29, 1.82) is 0 Å². The number of aliphatic hydroxyl groups excluding tert-OH is 1. The summed E-state index contributed by atoms with van der Waals surface area (Å²) in [4.78, 5) is 24.5. The number of imide groups is 1. The Morgan fingerprint density at radius 1 is 1.37 bits per heavy atom. The van der Waals surface area contributed by atoms with E-state index in [9.17, 15) is 14.7 Å². The average Bonchev–Trinajstić information content (AvgIpc) is 2.65. The number of hydrogen-bond donors (Lipinski definition) is 1. The molecule has 0 spiro atoms. The van der Waals surface area contributed by atoms with Crippen molar-refractivity contribution in [2.75, 3.05) is 13.7 Å². The molecule has 0 aliphatic carbocycles. The summed E-state index contributed by atoms with van der Waals surface area (Å²) >= 11 is 0. The predicted octanol–water partition coefficient (Wildman–Crippen LogP) is 1.12. The fourth-order valence-electron chi connectivity index (χ4n) is 2.14. The fourth-order valence-corrected chi connectivity index (χ4v) is 2.14. The molecule has 5 nitrogen and oxygen atoms in total. The van der Waals surface area contributed by atoms with Crippen molar-refractivity contribution in [2.24, 2.45) is 5.92 Å². The zero-order valence-electron chi connectivity index (χ0n) is 11.0. The van der Waals surface area contributed by atoms with Crippen molar-refractivity contribution in [3.8, 4) is 5.75 Å². The molecule has 19 heavy (non-hydrogen) atoms. The average molecular weight is 263 g/mol. The molecular weight excluding hydrogens is 246 g/mol. The number of aliphatic hydroxyl groups is 1. The number of likely N-dealkylation sites (tertiary alicyclic amines) is 1. The van der Waals surface area contributed by atoms with Crippen LogP contribution in [0.15, 0.2) is 24.3 Å². The number of carbonyl (C=O) groups is 2. The van der Waals surface area contributed by atoms with E-state index in [1.165, 1.54) is 0 Å². The number of methoxy groups -OCH3 is 1. The summed E-state index contributed by atoms with van der Waals surface area (Å²) in [6, 6.07) is 6.90. The lowest BCUT2D eigenvalue weighted by atomic mass is 10.1. The van der Waals surface area contributed by atoms with Crippen LogP contribution in [0.1, 0.15) is 25.0 Å². The van der Waals surface area contributed by atoms with Gasteiger partial charge in [0.1, 0.15) is 5.75 Å². The molecule has 1 fully saturated rings. The summed E-state index contributed by atoms with van der Waals surface area (Å²) in [6.45, 7) is 1.73. The Morgan fingerprint density at radius 2 is 2.00 bits per heavy atom. The van der Waals surface area contributed by atoms with Gasteiger partial charge >= 0.3 is 0 Å². The molecule has 2 unspecified atom stereocenters. The summed E-state index contributed by atoms with van der Waals surface area (Å²) in [5, 5.41) is 10.1. The minimum absolute atomic E-state index is 0.00827. The van der Waals surface area contributed by atoms with Gasteiger partial charge in [0.25, 0.3) is 0 Å². The fraction of sp³-hybridized carbons (Fsp3) is 0.429. The van der Waals surface area contributed by atoms with Crippen LogP contribution in [0.25, 0.3) is 0 Å². The summed E-state index contributed by atoms with van der Waals surface area (Å²) in [6.07, 6.45) is -0.641. The molecule has 1 aliphatic heterocycles. The van der Waals surface area contributed by atoms with E-state index in [1.54, 1.807) is 38.3 Å². The number of ether oxygens (including phenoxy) is 1. The first-order chi connectivity index (χ1) is 9.02. The molecule has 1 aromatic rings. The van der Waals surface area contributed by atoms with Crippen LogP contribution in [0, 0.1) is 5.92 Å². The molecule has 102 valence electrons. The van der Waals surface area contributed by atoms with Gasteiger partial charge in [-0.05, 0) is 17.7 Å². The first kappa shape index (κ1) is 13.5. The van der Waals surface area contributed by atoms with Gasteiger partial charge in [-0.15, -0.1) is 0 Å². The van der Waals surface area contributed by atoms with Gasteiger partial charge in [-0.1, -0.05) is 19.1 Å². The van der Waals surface area contributed by atoms with Gasteiger partial charge in [-0.3, -0.25) is 14.5 Å². The molecule has 0 saturated carbocycles. The molecule has 2 atom stereocenters. The lowest BCUT2D eigenvalue weighted by molar-refractivity contribution is -0.140. The van der Waals surface area contributed by atoms with E-state index in [2.05, 4.69) is 0 Å². The lowest BCUT2D eigenvalue weighted by Crippen LogP contribution is -2.34. The summed E-state index contributed by atoms with van der Waals surface area (Å²) < 4.78 is 5.03. The molecule has 2 amide bonds. The first-order valence-electron chi connectivity index (χ1n) is 6.19. The van der Waals surface area contributed by atoms with Crippen molar-refractivity contribution in [2.45, 2.75) is 19.4 Å². The van der Waals surface area contributed by atoms with Crippen LogP contribution in [0.2, 0.25) is 0 Å². The van der Waals surface area contributed by atoms with Crippen LogP contribution in [0.5, 0.6) is 5.75 Å². The van der Waals surface area contributed by atoms with Gasteiger partial charge in [-0.2, -0.15) is 0 Å². The van der Waals surface area contributed by atoms with Crippen molar-refractivity contribution >= 4 is 11.8 Å². The molecule has 1 heterocycles. The van der Waals surface area contributed by atoms with Crippen LogP contribution in [-0.2, 0) is 9.59 Å². The maximum atomic E-state index is 11.8. The van der Waals surface area contributed by atoms with Gasteiger partial charge in [0, 0.05) is 12.3 Å². The first-order valence-corrected chi connectivity index (χ1v) is 6.19. The summed E-state index contributed by atoms with van der Waals surface area (Å²) in [5.74, 6) is -0.0175. The minimum atomic E-state index is -0.871. The van der Waals surface area contributed by atoms with Gasteiger partial charge in [0.05, 0.1) is 19.8 Å². The molecule has 1 aliphatic rings. The third kappa shape index (κ3) is 2.76. The van der Waals surface area contributed by atoms with E-state index < -0.39 is 6.10 Å². The van der Waals surface area contributed by atoms with Crippen LogP contribution < -0.4 is 4.74 Å². The smallest absolute Gasteiger partial charge is 0.232 e. The van der Waals surface area contributed by atoms with Crippen molar-refractivity contribution in [3.05, 3.63) is 29.8 Å². The quantitative estimate of drug-likeness (QED) is 0.827. The highest BCUT2D eigenvalue weighted by atomic mass is 16.5. The van der Waals surface area contributed by atoms with Gasteiger partial charge in [0.15, 0.2) is 0 Å². The molecule has 0 bridgehead atoms. The second-order valence-corrected chi connectivity index (χ2v) is 4.74. The Labute approximate surface area is 111 Å². The van der Waals surface area contributed by atoms with E-state index in [-0.39, 0.29) is 30.7 Å². The summed E-state index contributed by atoms with van der Waals surface area (Å²) in [7, 11) is 1.56. The Balaban J connectivity index is 2.06. The number of β-amino-alcohol motifs (C(OH)–C–C–N with tert-alkyl or cyclic N) is 1. The normalized spacial score (nSPS) is 20.8. The van der Waals surface area contributed by atoms with E-state index in [0.717, 1.165) is 4.90 Å². The number of carbonyl (C=O) groups excluding carboxylic acids is 2. The van der Waals surface area contributed by atoms with E-state index in [0.29, 0.717) is 11.3 Å². The second-order valence-electron chi connectivity index (χ2n) is 4.74. The number of benzene rings is 1. The summed E-state index contributed by atoms with van der Waals surface area (Å²) in [5.41, 5.74) is 0.654. The third-order valence-electron chi connectivity index (χ3n) is 3.33. The maximum Gasteiger partial charge on any atom is 0.232 e. The molecule has 1 N–H and O–H groups in total. The molecule has 0 aromatic heterocycles. The monoisotopic (exact) mass is 263 g/mol. The largest absolute Gasteiger partial charge is 0.497 e. The number of hydrogen-bond acceptors (Lipinski definition) is 4. The maximum absolute atomic E-state index is 11.8. The van der Waals surface area contributed by atoms with Crippen LogP contribution in [0.3, 0.4) is 0 Å². The highest BCUT2D eigenvalue weighted by Crippen LogP contribution is 2.23. The molecular formula is C14H17NO4. The molecule has 1 saturated heterocycles. The van der Waals surface area contributed by atoms with E-state index >= 15 is 0 Å². The lowest BCUT2D eigenvalue weighted by Gasteiger charge is -2.19. The number of amides is 2. The van der Waals surface area contributed by atoms with Gasteiger partial charge in [0.2, 0.25) is 11.8 Å². The van der Waals surface area contributed by atoms with E-state index in [1.807, 2.05) is 0 Å². The molecule has 2 rings (SSSR count). The topological polar surface area (TPSA) is 66.8 Å². The Kier molecular flexibility index (Phi) is 3.85.